The molecule has 1 aromatic heterocycles. The predicted octanol–water partition coefficient (Wildman–Crippen LogP) is 2.11. The van der Waals surface area contributed by atoms with Gasteiger partial charge in [-0.25, -0.2) is 4.98 Å². The molecule has 5 heteroatoms. The number of anilines is 1. The lowest BCUT2D eigenvalue weighted by molar-refractivity contribution is -0.120. The third-order valence-electron chi connectivity index (χ3n) is 3.47. The van der Waals surface area contributed by atoms with E-state index in [0.717, 1.165) is 24.7 Å². The molecule has 16 heavy (non-hydrogen) atoms. The van der Waals surface area contributed by atoms with Gasteiger partial charge in [0.05, 0.1) is 12.4 Å². The number of fused-ring (bicyclic) bond motifs is 1. The van der Waals surface area contributed by atoms with Crippen LogP contribution >= 0.6 is 11.6 Å². The lowest BCUT2D eigenvalue weighted by Crippen LogP contribution is -2.22. The van der Waals surface area contributed by atoms with Crippen molar-refractivity contribution in [1.29, 1.82) is 0 Å². The molecule has 4 nitrogen and oxygen atoms in total. The molecule has 1 aromatic rings. The average Bonchev–Trinajstić information content (AvgIpc) is 2.86. The molecule has 0 saturated heterocycles. The zero-order chi connectivity index (χ0) is 11.1. The van der Waals surface area contributed by atoms with E-state index in [4.69, 9.17) is 11.6 Å². The summed E-state index contributed by atoms with van der Waals surface area (Å²) < 4.78 is 0. The largest absolute Gasteiger partial charge is 0.309 e. The van der Waals surface area contributed by atoms with Gasteiger partial charge >= 0.3 is 0 Å². The third-order valence-corrected chi connectivity index (χ3v) is 3.65. The molecule has 0 bridgehead atoms. The summed E-state index contributed by atoms with van der Waals surface area (Å²) in [5, 5.41) is 3.07. The van der Waals surface area contributed by atoms with Gasteiger partial charge in [0.15, 0.2) is 5.82 Å². The Labute approximate surface area is 98.4 Å². The predicted molar refractivity (Wildman–Crippen MR) is 60.0 cm³/mol. The number of hydrogen-bond donors (Lipinski definition) is 1. The fraction of sp³-hybridized carbons (Fsp3) is 0.545. The van der Waals surface area contributed by atoms with Crippen molar-refractivity contribution in [2.24, 2.45) is 17.8 Å². The number of halogens is 1. The minimum Gasteiger partial charge on any atom is -0.309 e. The number of amides is 1. The van der Waals surface area contributed by atoms with E-state index in [1.54, 1.807) is 0 Å². The first kappa shape index (κ1) is 10.0. The monoisotopic (exact) mass is 237 g/mol. The SMILES string of the molecule is O=C(Nc1cncc(Cl)n1)C1CC2CC2C1. The molecule has 2 atom stereocenters. The second kappa shape index (κ2) is 3.70. The summed E-state index contributed by atoms with van der Waals surface area (Å²) in [5.74, 6) is 2.27. The van der Waals surface area contributed by atoms with Crippen molar-refractivity contribution in [3.05, 3.63) is 17.5 Å². The number of carbonyl (C=O) groups is 1. The number of nitrogens with zero attached hydrogens (tertiary/aromatic N) is 2. The number of carbonyl (C=O) groups excluding carboxylic acids is 1. The molecular weight excluding hydrogens is 226 g/mol. The minimum absolute atomic E-state index is 0.0590. The molecule has 1 amide bonds. The number of aromatic nitrogens is 2. The molecule has 2 aliphatic carbocycles. The molecule has 1 heterocycles. The zero-order valence-electron chi connectivity index (χ0n) is 8.69. The van der Waals surface area contributed by atoms with E-state index in [0.29, 0.717) is 11.0 Å². The van der Waals surface area contributed by atoms with Crippen molar-refractivity contribution >= 4 is 23.3 Å². The fourth-order valence-electron chi connectivity index (χ4n) is 2.56. The van der Waals surface area contributed by atoms with E-state index in [1.807, 2.05) is 0 Å². The van der Waals surface area contributed by atoms with E-state index in [1.165, 1.54) is 18.8 Å². The van der Waals surface area contributed by atoms with Crippen LogP contribution in [-0.4, -0.2) is 15.9 Å². The summed E-state index contributed by atoms with van der Waals surface area (Å²) in [5.41, 5.74) is 0. The van der Waals surface area contributed by atoms with Crippen molar-refractivity contribution in [2.75, 3.05) is 5.32 Å². The molecule has 2 unspecified atom stereocenters. The Morgan fingerprint density at radius 3 is 2.75 bits per heavy atom. The molecule has 2 saturated carbocycles. The smallest absolute Gasteiger partial charge is 0.228 e. The molecular formula is C11H12ClN3O. The Morgan fingerprint density at radius 2 is 2.06 bits per heavy atom. The maximum Gasteiger partial charge on any atom is 0.228 e. The highest BCUT2D eigenvalue weighted by Crippen LogP contribution is 2.54. The van der Waals surface area contributed by atoms with Gasteiger partial charge < -0.3 is 5.32 Å². The molecule has 84 valence electrons. The summed E-state index contributed by atoms with van der Waals surface area (Å²) in [6.45, 7) is 0. The molecule has 2 aliphatic rings. The molecule has 0 aliphatic heterocycles. The summed E-state index contributed by atoms with van der Waals surface area (Å²) in [6, 6.07) is 0. The molecule has 2 fully saturated rings. The molecule has 3 rings (SSSR count). The normalized spacial score (nSPS) is 30.9. The van der Waals surface area contributed by atoms with Gasteiger partial charge in [-0.2, -0.15) is 0 Å². The quantitative estimate of drug-likeness (QED) is 0.857. The van der Waals surface area contributed by atoms with Crippen LogP contribution in [0.15, 0.2) is 12.4 Å². The van der Waals surface area contributed by atoms with E-state index in [2.05, 4.69) is 15.3 Å². The third kappa shape index (κ3) is 1.89. The van der Waals surface area contributed by atoms with E-state index in [9.17, 15) is 4.79 Å². The van der Waals surface area contributed by atoms with E-state index in [-0.39, 0.29) is 11.8 Å². The van der Waals surface area contributed by atoms with Crippen LogP contribution in [0.5, 0.6) is 0 Å². The van der Waals surface area contributed by atoms with Crippen LogP contribution < -0.4 is 5.32 Å². The minimum atomic E-state index is 0.0590. The number of rotatable bonds is 2. The van der Waals surface area contributed by atoms with Crippen LogP contribution in [0.2, 0.25) is 5.15 Å². The Bertz CT molecular complexity index is 427. The Hall–Kier alpha value is -1.16. The topological polar surface area (TPSA) is 54.9 Å². The highest BCUT2D eigenvalue weighted by Gasteiger charge is 2.48. The summed E-state index contributed by atoms with van der Waals surface area (Å²) in [7, 11) is 0. The lowest BCUT2D eigenvalue weighted by atomic mass is 10.0. The molecule has 0 radical (unpaired) electrons. The van der Waals surface area contributed by atoms with Crippen LogP contribution in [-0.2, 0) is 4.79 Å². The summed E-state index contributed by atoms with van der Waals surface area (Å²) >= 11 is 5.69. The van der Waals surface area contributed by atoms with Crippen molar-refractivity contribution in [2.45, 2.75) is 19.3 Å². The van der Waals surface area contributed by atoms with Crippen LogP contribution in [0.3, 0.4) is 0 Å². The van der Waals surface area contributed by atoms with Gasteiger partial charge in [-0.1, -0.05) is 11.6 Å². The Morgan fingerprint density at radius 1 is 1.31 bits per heavy atom. The Kier molecular flexibility index (Phi) is 2.32. The highest BCUT2D eigenvalue weighted by atomic mass is 35.5. The van der Waals surface area contributed by atoms with Gasteiger partial charge in [-0.05, 0) is 31.1 Å². The zero-order valence-corrected chi connectivity index (χ0v) is 9.44. The first-order chi connectivity index (χ1) is 7.72. The van der Waals surface area contributed by atoms with Gasteiger partial charge in [0.25, 0.3) is 0 Å². The molecule has 1 N–H and O–H groups in total. The average molecular weight is 238 g/mol. The van der Waals surface area contributed by atoms with Crippen molar-refractivity contribution in [1.82, 2.24) is 9.97 Å². The maximum absolute atomic E-state index is 11.9. The number of nitrogens with one attached hydrogen (secondary N) is 1. The van der Waals surface area contributed by atoms with E-state index >= 15 is 0 Å². The second-order valence-corrected chi connectivity index (χ2v) is 5.03. The van der Waals surface area contributed by atoms with Gasteiger partial charge in [0.1, 0.15) is 5.15 Å². The molecule has 0 spiro atoms. The standard InChI is InChI=1S/C11H12ClN3O/c12-9-4-13-5-10(14-9)15-11(16)8-2-6-1-7(6)3-8/h4-8H,1-3H2,(H,14,15,16). The summed E-state index contributed by atoms with van der Waals surface area (Å²) in [4.78, 5) is 19.7. The van der Waals surface area contributed by atoms with Crippen molar-refractivity contribution < 1.29 is 4.79 Å². The van der Waals surface area contributed by atoms with Crippen LogP contribution in [0.25, 0.3) is 0 Å². The highest BCUT2D eigenvalue weighted by molar-refractivity contribution is 6.29. The first-order valence-corrected chi connectivity index (χ1v) is 5.88. The van der Waals surface area contributed by atoms with Gasteiger partial charge in [0.2, 0.25) is 5.91 Å². The van der Waals surface area contributed by atoms with Crippen molar-refractivity contribution in [3.63, 3.8) is 0 Å². The Balaban J connectivity index is 1.64. The van der Waals surface area contributed by atoms with Gasteiger partial charge in [-0.15, -0.1) is 0 Å². The lowest BCUT2D eigenvalue weighted by Gasteiger charge is -2.11. The first-order valence-electron chi connectivity index (χ1n) is 5.51. The van der Waals surface area contributed by atoms with Crippen LogP contribution in [0.1, 0.15) is 19.3 Å². The second-order valence-electron chi connectivity index (χ2n) is 4.64. The molecule has 0 aromatic carbocycles. The van der Waals surface area contributed by atoms with Gasteiger partial charge in [0, 0.05) is 5.92 Å². The van der Waals surface area contributed by atoms with Crippen LogP contribution in [0.4, 0.5) is 5.82 Å². The number of hydrogen-bond acceptors (Lipinski definition) is 3. The fourth-order valence-corrected chi connectivity index (χ4v) is 2.71. The van der Waals surface area contributed by atoms with Gasteiger partial charge in [-0.3, -0.25) is 9.78 Å². The van der Waals surface area contributed by atoms with E-state index < -0.39 is 0 Å². The summed E-state index contributed by atoms with van der Waals surface area (Å²) in [6.07, 6.45) is 6.34. The maximum atomic E-state index is 11.9. The van der Waals surface area contributed by atoms with Crippen molar-refractivity contribution in [3.8, 4) is 0 Å². The van der Waals surface area contributed by atoms with Crippen LogP contribution in [0, 0.1) is 17.8 Å².